The lowest BCUT2D eigenvalue weighted by Gasteiger charge is -2.12. The molecule has 0 heterocycles. The molecule has 96 valence electrons. The average Bonchev–Trinajstić information content (AvgIpc) is 2.27. The third-order valence-corrected chi connectivity index (χ3v) is 4.71. The first-order valence-corrected chi connectivity index (χ1v) is 7.36. The minimum atomic E-state index is -4.15. The van der Waals surface area contributed by atoms with E-state index in [4.69, 9.17) is 5.73 Å². The molecule has 2 aromatic rings. The average molecular weight is 285 g/mol. The molecule has 1 unspecified atom stereocenters. The zero-order valence-corrected chi connectivity index (χ0v) is 10.6. The van der Waals surface area contributed by atoms with Crippen LogP contribution in [0.4, 0.5) is 5.69 Å². The molecule has 0 aliphatic carbocycles. The molecule has 6 nitrogen and oxygen atoms in total. The van der Waals surface area contributed by atoms with E-state index in [9.17, 15) is 17.2 Å². The molecule has 0 amide bonds. The van der Waals surface area contributed by atoms with Crippen LogP contribution in [0.15, 0.2) is 41.3 Å². The molecule has 8 heteroatoms. The van der Waals surface area contributed by atoms with Crippen molar-refractivity contribution in [1.82, 2.24) is 4.13 Å². The van der Waals surface area contributed by atoms with Crippen LogP contribution >= 0.6 is 0 Å². The second-order valence-corrected chi connectivity index (χ2v) is 6.11. The number of anilines is 1. The lowest BCUT2D eigenvalue weighted by Crippen LogP contribution is -2.25. The molecule has 0 aromatic heterocycles. The van der Waals surface area contributed by atoms with E-state index in [-0.39, 0.29) is 10.6 Å². The SMILES string of the molecule is Nc1cccc2cccc(S(=O)(=O)NS(=O)[O-])c12. The summed E-state index contributed by atoms with van der Waals surface area (Å²) < 4.78 is 46.2. The van der Waals surface area contributed by atoms with Crippen molar-refractivity contribution in [2.24, 2.45) is 0 Å². The summed E-state index contributed by atoms with van der Waals surface area (Å²) in [5.74, 6) is 0. The quantitative estimate of drug-likeness (QED) is 0.629. The molecule has 18 heavy (non-hydrogen) atoms. The van der Waals surface area contributed by atoms with Crippen LogP contribution in [0.5, 0.6) is 0 Å². The van der Waals surface area contributed by atoms with Gasteiger partial charge in [-0.25, -0.2) is 8.42 Å². The van der Waals surface area contributed by atoms with Crippen LogP contribution in [-0.2, 0) is 21.3 Å². The van der Waals surface area contributed by atoms with E-state index >= 15 is 0 Å². The van der Waals surface area contributed by atoms with Gasteiger partial charge < -0.3 is 10.3 Å². The maximum Gasteiger partial charge on any atom is 0.251 e. The number of hydrogen-bond acceptors (Lipinski definition) is 5. The van der Waals surface area contributed by atoms with Crippen molar-refractivity contribution in [1.29, 1.82) is 0 Å². The number of benzene rings is 2. The number of nitrogens with one attached hydrogen (secondary N) is 1. The molecule has 0 saturated heterocycles. The van der Waals surface area contributed by atoms with Crippen molar-refractivity contribution < 1.29 is 17.2 Å². The Morgan fingerprint density at radius 2 is 1.78 bits per heavy atom. The predicted octanol–water partition coefficient (Wildman–Crippen LogP) is 0.494. The summed E-state index contributed by atoms with van der Waals surface area (Å²) in [7, 11) is -4.15. The normalized spacial score (nSPS) is 13.6. The number of sulfonamides is 1. The maximum atomic E-state index is 11.8. The van der Waals surface area contributed by atoms with Crippen molar-refractivity contribution >= 4 is 37.7 Å². The van der Waals surface area contributed by atoms with Gasteiger partial charge in [0.25, 0.3) is 10.0 Å². The first kappa shape index (κ1) is 13.0. The highest BCUT2D eigenvalue weighted by Gasteiger charge is 2.18. The molecule has 2 aromatic carbocycles. The van der Waals surface area contributed by atoms with Crippen LogP contribution in [0.3, 0.4) is 0 Å². The van der Waals surface area contributed by atoms with Gasteiger partial charge in [-0.2, -0.15) is 0 Å². The Balaban J connectivity index is 2.76. The summed E-state index contributed by atoms with van der Waals surface area (Å²) in [6, 6.07) is 9.44. The molecule has 3 N–H and O–H groups in total. The van der Waals surface area contributed by atoms with Gasteiger partial charge in [-0.1, -0.05) is 24.3 Å². The largest absolute Gasteiger partial charge is 0.759 e. The molecule has 0 bridgehead atoms. The Morgan fingerprint density at radius 1 is 1.17 bits per heavy atom. The van der Waals surface area contributed by atoms with Gasteiger partial charge in [0.2, 0.25) is 0 Å². The molecule has 2 rings (SSSR count). The Labute approximate surface area is 106 Å². The second kappa shape index (κ2) is 4.65. The predicted molar refractivity (Wildman–Crippen MR) is 67.6 cm³/mol. The minimum Gasteiger partial charge on any atom is -0.759 e. The molecule has 1 atom stereocenters. The number of nitrogens with two attached hydrogens (primary N) is 1. The summed E-state index contributed by atoms with van der Waals surface area (Å²) in [5.41, 5.74) is 6.01. The highest BCUT2D eigenvalue weighted by atomic mass is 32.3. The molecule has 0 aliphatic heterocycles. The number of fused-ring (bicyclic) bond motifs is 1. The van der Waals surface area contributed by atoms with Crippen LogP contribution in [0.1, 0.15) is 0 Å². The smallest absolute Gasteiger partial charge is 0.251 e. The Bertz CT molecular complexity index is 722. The fourth-order valence-corrected chi connectivity index (χ4v) is 3.53. The molecule has 0 radical (unpaired) electrons. The highest BCUT2D eigenvalue weighted by molar-refractivity contribution is 8.00. The third kappa shape index (κ3) is 2.36. The lowest BCUT2D eigenvalue weighted by molar-refractivity contribution is 0.530. The van der Waals surface area contributed by atoms with Crippen molar-refractivity contribution in [2.75, 3.05) is 5.73 Å². The topological polar surface area (TPSA) is 112 Å². The first-order valence-electron chi connectivity index (χ1n) is 4.81. The summed E-state index contributed by atoms with van der Waals surface area (Å²) >= 11 is -2.91. The zero-order valence-electron chi connectivity index (χ0n) is 8.99. The van der Waals surface area contributed by atoms with Gasteiger partial charge in [0.1, 0.15) is 0 Å². The van der Waals surface area contributed by atoms with E-state index in [1.165, 1.54) is 16.3 Å². The fraction of sp³-hybridized carbons (Fsp3) is 0. The number of rotatable bonds is 3. The van der Waals surface area contributed by atoms with Gasteiger partial charge in [-0.3, -0.25) is 4.21 Å². The zero-order chi connectivity index (χ0) is 13.3. The second-order valence-electron chi connectivity index (χ2n) is 3.52. The van der Waals surface area contributed by atoms with E-state index in [2.05, 4.69) is 0 Å². The van der Waals surface area contributed by atoms with Gasteiger partial charge in [-0.15, -0.1) is 4.13 Å². The monoisotopic (exact) mass is 285 g/mol. The summed E-state index contributed by atoms with van der Waals surface area (Å²) in [5, 5.41) is 0.924. The summed E-state index contributed by atoms with van der Waals surface area (Å²) in [6.45, 7) is 0. The van der Waals surface area contributed by atoms with Crippen molar-refractivity contribution in [3.05, 3.63) is 36.4 Å². The van der Waals surface area contributed by atoms with Crippen molar-refractivity contribution in [3.63, 3.8) is 0 Å². The molecule has 0 aliphatic rings. The van der Waals surface area contributed by atoms with E-state index < -0.39 is 21.3 Å². The maximum absolute atomic E-state index is 11.8. The first-order chi connectivity index (χ1) is 8.42. The molecular formula is C10H9N2O4S2-. The highest BCUT2D eigenvalue weighted by Crippen LogP contribution is 2.27. The number of hydrogen-bond donors (Lipinski definition) is 2. The number of nitrogen functional groups attached to an aromatic ring is 1. The lowest BCUT2D eigenvalue weighted by atomic mass is 10.1. The minimum absolute atomic E-state index is 0.165. The Kier molecular flexibility index (Phi) is 3.35. The molecule has 0 fully saturated rings. The van der Waals surface area contributed by atoms with Crippen LogP contribution in [0, 0.1) is 0 Å². The van der Waals surface area contributed by atoms with Gasteiger partial charge >= 0.3 is 0 Å². The van der Waals surface area contributed by atoms with Crippen LogP contribution < -0.4 is 9.86 Å². The van der Waals surface area contributed by atoms with Crippen molar-refractivity contribution in [3.8, 4) is 0 Å². The van der Waals surface area contributed by atoms with E-state index in [1.807, 2.05) is 0 Å². The van der Waals surface area contributed by atoms with E-state index in [1.54, 1.807) is 24.3 Å². The summed E-state index contributed by atoms with van der Waals surface area (Å²) in [4.78, 5) is -0.165. The standard InChI is InChI=1S/C10H10N2O4S2/c11-8-5-1-3-7-4-2-6-9(10(7)8)18(15,16)12-17(13)14/h1-6,12H,11H2,(H,13,14)/p-1. The van der Waals surface area contributed by atoms with E-state index in [0.717, 1.165) is 0 Å². The van der Waals surface area contributed by atoms with Crippen LogP contribution in [0.2, 0.25) is 0 Å². The van der Waals surface area contributed by atoms with Gasteiger partial charge in [0.15, 0.2) is 0 Å². The third-order valence-electron chi connectivity index (χ3n) is 2.37. The Morgan fingerprint density at radius 3 is 2.39 bits per heavy atom. The molecule has 0 spiro atoms. The van der Waals surface area contributed by atoms with Gasteiger partial charge in [-0.05, 0) is 17.5 Å². The van der Waals surface area contributed by atoms with Gasteiger partial charge in [0, 0.05) is 22.3 Å². The molecular weight excluding hydrogens is 276 g/mol. The van der Waals surface area contributed by atoms with Crippen LogP contribution in [-0.4, -0.2) is 17.2 Å². The summed E-state index contributed by atoms with van der Waals surface area (Å²) in [6.07, 6.45) is 0. The van der Waals surface area contributed by atoms with Crippen molar-refractivity contribution in [2.45, 2.75) is 4.90 Å². The Hall–Kier alpha value is -1.48. The van der Waals surface area contributed by atoms with E-state index in [0.29, 0.717) is 10.8 Å². The van der Waals surface area contributed by atoms with Gasteiger partial charge in [0.05, 0.1) is 4.90 Å². The molecule has 0 saturated carbocycles. The fourth-order valence-electron chi connectivity index (χ4n) is 1.69. The van der Waals surface area contributed by atoms with Crippen LogP contribution in [0.25, 0.3) is 10.8 Å².